The standard InChI is InChI=1S/C29H30F2N2O/c1-19-4-7-27-24(15-19)29(18-33(27)28(34)23-5-6-25(30)26(31)16-23)8-10-32(11-9-29)17-22-13-20(2)12-21(3)14-22/h4-7,12-16H,8-11,17-18H2,1-3H3. The second kappa shape index (κ2) is 8.62. The Morgan fingerprint density at radius 3 is 2.24 bits per heavy atom. The Morgan fingerprint density at radius 1 is 0.853 bits per heavy atom. The van der Waals surface area contributed by atoms with Crippen molar-refractivity contribution in [3.05, 3.63) is 99.6 Å². The van der Waals surface area contributed by atoms with Crippen molar-refractivity contribution >= 4 is 11.6 Å². The van der Waals surface area contributed by atoms with E-state index in [1.165, 1.54) is 28.3 Å². The van der Waals surface area contributed by atoms with E-state index in [9.17, 15) is 13.6 Å². The van der Waals surface area contributed by atoms with Crippen LogP contribution in [0.1, 0.15) is 51.0 Å². The minimum Gasteiger partial charge on any atom is -0.307 e. The fourth-order valence-electron chi connectivity index (χ4n) is 5.73. The highest BCUT2D eigenvalue weighted by Gasteiger charge is 2.46. The first-order valence-corrected chi connectivity index (χ1v) is 11.9. The number of nitrogens with zero attached hydrogens (tertiary/aromatic N) is 2. The van der Waals surface area contributed by atoms with Crippen LogP contribution in [-0.2, 0) is 12.0 Å². The number of fused-ring (bicyclic) bond motifs is 2. The highest BCUT2D eigenvalue weighted by atomic mass is 19.2. The molecule has 1 amide bonds. The van der Waals surface area contributed by atoms with Crippen LogP contribution in [0.25, 0.3) is 0 Å². The second-order valence-corrected chi connectivity index (χ2v) is 10.1. The molecule has 0 saturated carbocycles. The molecule has 0 bridgehead atoms. The van der Waals surface area contributed by atoms with Crippen molar-refractivity contribution in [2.24, 2.45) is 0 Å². The summed E-state index contributed by atoms with van der Waals surface area (Å²) in [6.07, 6.45) is 1.91. The van der Waals surface area contributed by atoms with Gasteiger partial charge in [-0.15, -0.1) is 0 Å². The van der Waals surface area contributed by atoms with Crippen LogP contribution in [0.3, 0.4) is 0 Å². The number of amides is 1. The van der Waals surface area contributed by atoms with Gasteiger partial charge in [-0.25, -0.2) is 8.78 Å². The molecule has 5 heteroatoms. The summed E-state index contributed by atoms with van der Waals surface area (Å²) in [5, 5.41) is 0. The molecule has 0 atom stereocenters. The van der Waals surface area contributed by atoms with E-state index in [1.807, 2.05) is 12.1 Å². The number of halogens is 2. The summed E-state index contributed by atoms with van der Waals surface area (Å²) in [4.78, 5) is 17.6. The number of piperidine rings is 1. The first kappa shape index (κ1) is 22.7. The van der Waals surface area contributed by atoms with E-state index in [2.05, 4.69) is 49.9 Å². The first-order chi connectivity index (χ1) is 16.2. The average Bonchev–Trinajstić information content (AvgIpc) is 3.09. The summed E-state index contributed by atoms with van der Waals surface area (Å²) in [5.74, 6) is -2.22. The largest absolute Gasteiger partial charge is 0.307 e. The van der Waals surface area contributed by atoms with Crippen molar-refractivity contribution in [2.75, 3.05) is 24.5 Å². The van der Waals surface area contributed by atoms with Crippen LogP contribution in [0.4, 0.5) is 14.5 Å². The molecule has 0 aliphatic carbocycles. The summed E-state index contributed by atoms with van der Waals surface area (Å²) in [6, 6.07) is 16.3. The number of benzene rings is 3. The molecule has 0 N–H and O–H groups in total. The van der Waals surface area contributed by atoms with Crippen LogP contribution in [-0.4, -0.2) is 30.4 Å². The summed E-state index contributed by atoms with van der Waals surface area (Å²) < 4.78 is 27.3. The van der Waals surface area contributed by atoms with Gasteiger partial charge in [0.05, 0.1) is 0 Å². The molecule has 5 rings (SSSR count). The van der Waals surface area contributed by atoms with Crippen LogP contribution in [0.5, 0.6) is 0 Å². The molecule has 2 aliphatic rings. The maximum absolute atomic E-state index is 13.8. The lowest BCUT2D eigenvalue weighted by atomic mass is 9.74. The summed E-state index contributed by atoms with van der Waals surface area (Å²) >= 11 is 0. The monoisotopic (exact) mass is 460 g/mol. The molecule has 3 nitrogen and oxygen atoms in total. The predicted octanol–water partition coefficient (Wildman–Crippen LogP) is 6.08. The molecule has 1 saturated heterocycles. The van der Waals surface area contributed by atoms with Gasteiger partial charge in [0.25, 0.3) is 5.91 Å². The lowest BCUT2D eigenvalue weighted by molar-refractivity contribution is 0.0975. The number of anilines is 1. The Bertz CT molecular complexity index is 1240. The Hall–Kier alpha value is -3.05. The number of rotatable bonds is 3. The summed E-state index contributed by atoms with van der Waals surface area (Å²) in [7, 11) is 0. The van der Waals surface area contributed by atoms with Gasteiger partial charge in [-0.3, -0.25) is 9.69 Å². The van der Waals surface area contributed by atoms with Gasteiger partial charge >= 0.3 is 0 Å². The smallest absolute Gasteiger partial charge is 0.258 e. The number of likely N-dealkylation sites (tertiary alicyclic amines) is 1. The zero-order valence-electron chi connectivity index (χ0n) is 20.0. The van der Waals surface area contributed by atoms with Crippen molar-refractivity contribution in [1.82, 2.24) is 4.90 Å². The van der Waals surface area contributed by atoms with Crippen molar-refractivity contribution < 1.29 is 13.6 Å². The van der Waals surface area contributed by atoms with Gasteiger partial charge in [0, 0.05) is 29.8 Å². The number of hydrogen-bond donors (Lipinski definition) is 0. The molecule has 2 aliphatic heterocycles. The summed E-state index contributed by atoms with van der Waals surface area (Å²) in [6.45, 7) is 9.75. The van der Waals surface area contributed by atoms with Crippen molar-refractivity contribution in [2.45, 2.75) is 45.6 Å². The van der Waals surface area contributed by atoms with Gasteiger partial charge in [0.1, 0.15) is 0 Å². The van der Waals surface area contributed by atoms with E-state index in [0.29, 0.717) is 6.54 Å². The molecule has 3 aromatic carbocycles. The third-order valence-electron chi connectivity index (χ3n) is 7.39. The third-order valence-corrected chi connectivity index (χ3v) is 7.39. The minimum atomic E-state index is -0.997. The van der Waals surface area contributed by atoms with Crippen LogP contribution >= 0.6 is 0 Å². The third kappa shape index (κ3) is 4.14. The van der Waals surface area contributed by atoms with E-state index in [4.69, 9.17) is 0 Å². The van der Waals surface area contributed by atoms with Gasteiger partial charge in [-0.1, -0.05) is 47.0 Å². The topological polar surface area (TPSA) is 23.6 Å². The minimum absolute atomic E-state index is 0.116. The van der Waals surface area contributed by atoms with Gasteiger partial charge in [-0.05, 0) is 82.1 Å². The van der Waals surface area contributed by atoms with E-state index in [0.717, 1.165) is 55.9 Å². The number of hydrogen-bond acceptors (Lipinski definition) is 2. The average molecular weight is 461 g/mol. The fraction of sp³-hybridized carbons (Fsp3) is 0.345. The van der Waals surface area contributed by atoms with E-state index in [-0.39, 0.29) is 16.9 Å². The summed E-state index contributed by atoms with van der Waals surface area (Å²) in [5.41, 5.74) is 7.23. The van der Waals surface area contributed by atoms with Gasteiger partial charge in [0.2, 0.25) is 0 Å². The van der Waals surface area contributed by atoms with Gasteiger partial charge in [-0.2, -0.15) is 0 Å². The Kier molecular flexibility index (Phi) is 5.76. The molecule has 34 heavy (non-hydrogen) atoms. The normalized spacial score (nSPS) is 17.3. The highest BCUT2D eigenvalue weighted by Crippen LogP contribution is 2.48. The van der Waals surface area contributed by atoms with Crippen molar-refractivity contribution in [3.8, 4) is 0 Å². The van der Waals surface area contributed by atoms with Crippen molar-refractivity contribution in [1.29, 1.82) is 0 Å². The van der Waals surface area contributed by atoms with Crippen LogP contribution < -0.4 is 4.90 Å². The van der Waals surface area contributed by atoms with Gasteiger partial charge in [0.15, 0.2) is 11.6 Å². The highest BCUT2D eigenvalue weighted by molar-refractivity contribution is 6.07. The molecule has 0 aromatic heterocycles. The maximum Gasteiger partial charge on any atom is 0.258 e. The first-order valence-electron chi connectivity index (χ1n) is 11.9. The predicted molar refractivity (Wildman–Crippen MR) is 131 cm³/mol. The zero-order chi connectivity index (χ0) is 24.0. The van der Waals surface area contributed by atoms with Crippen LogP contribution in [0.15, 0.2) is 54.6 Å². The van der Waals surface area contributed by atoms with Crippen molar-refractivity contribution in [3.63, 3.8) is 0 Å². The SMILES string of the molecule is Cc1cc(C)cc(CN2CCC3(CC2)CN(C(=O)c2ccc(F)c(F)c2)c2ccc(C)cc23)c1. The maximum atomic E-state index is 13.8. The molecule has 3 aromatic rings. The molecular weight excluding hydrogens is 430 g/mol. The van der Waals surface area contributed by atoms with Crippen LogP contribution in [0.2, 0.25) is 0 Å². The second-order valence-electron chi connectivity index (χ2n) is 10.1. The van der Waals surface area contributed by atoms with E-state index >= 15 is 0 Å². The fourth-order valence-corrected chi connectivity index (χ4v) is 5.73. The van der Waals surface area contributed by atoms with E-state index in [1.54, 1.807) is 4.90 Å². The molecule has 176 valence electrons. The van der Waals surface area contributed by atoms with E-state index < -0.39 is 11.6 Å². The molecular formula is C29H30F2N2O. The Morgan fingerprint density at radius 2 is 1.56 bits per heavy atom. The van der Waals surface area contributed by atoms with Gasteiger partial charge < -0.3 is 4.90 Å². The molecule has 0 radical (unpaired) electrons. The Labute approximate surface area is 200 Å². The lowest BCUT2D eigenvalue weighted by Crippen LogP contribution is -2.45. The number of carbonyl (C=O) groups excluding carboxylic acids is 1. The number of aryl methyl sites for hydroxylation is 3. The quantitative estimate of drug-likeness (QED) is 0.473. The number of carbonyl (C=O) groups is 1. The van der Waals surface area contributed by atoms with Crippen LogP contribution in [0, 0.1) is 32.4 Å². The molecule has 1 fully saturated rings. The Balaban J connectivity index is 1.39. The molecule has 1 spiro atoms. The zero-order valence-corrected chi connectivity index (χ0v) is 20.0. The molecule has 0 unspecified atom stereocenters. The lowest BCUT2D eigenvalue weighted by Gasteiger charge is -2.40. The molecule has 2 heterocycles.